The number of anilines is 2. The molecule has 24 heavy (non-hydrogen) atoms. The normalized spacial score (nSPS) is 13.2. The van der Waals surface area contributed by atoms with Gasteiger partial charge in [-0.15, -0.1) is 0 Å². The first kappa shape index (κ1) is 16.2. The van der Waals surface area contributed by atoms with Gasteiger partial charge in [-0.3, -0.25) is 19.5 Å². The molecule has 7 nitrogen and oxygen atoms in total. The highest BCUT2D eigenvalue weighted by Gasteiger charge is 2.30. The summed E-state index contributed by atoms with van der Waals surface area (Å²) in [7, 11) is 0. The third kappa shape index (κ3) is 2.68. The minimum atomic E-state index is -1.35. The lowest BCUT2D eigenvalue weighted by Gasteiger charge is -2.29. The lowest BCUT2D eigenvalue weighted by atomic mass is 10.1. The number of carbonyl (C=O) groups excluding carboxylic acids is 2. The van der Waals surface area contributed by atoms with Gasteiger partial charge in [0, 0.05) is 6.20 Å². The van der Waals surface area contributed by atoms with Crippen molar-refractivity contribution in [2.75, 3.05) is 16.8 Å². The van der Waals surface area contributed by atoms with Crippen molar-refractivity contribution in [3.05, 3.63) is 51.8 Å². The second-order valence-electron chi connectivity index (χ2n) is 4.92. The van der Waals surface area contributed by atoms with Crippen molar-refractivity contribution in [3.63, 3.8) is 0 Å². The molecular weight excluding hydrogens is 357 g/mol. The fourth-order valence-corrected chi connectivity index (χ4v) is 2.99. The molecule has 0 fully saturated rings. The number of aromatic carboxylic acids is 1. The van der Waals surface area contributed by atoms with E-state index in [1.807, 2.05) is 0 Å². The van der Waals surface area contributed by atoms with E-state index in [1.54, 1.807) is 6.07 Å². The Morgan fingerprint density at radius 3 is 2.71 bits per heavy atom. The summed E-state index contributed by atoms with van der Waals surface area (Å²) < 4.78 is 0. The topological polar surface area (TPSA) is 99.6 Å². The number of benzene rings is 1. The van der Waals surface area contributed by atoms with Crippen LogP contribution in [0.1, 0.15) is 20.7 Å². The summed E-state index contributed by atoms with van der Waals surface area (Å²) in [4.78, 5) is 41.0. The predicted octanol–water partition coefficient (Wildman–Crippen LogP) is 2.69. The van der Waals surface area contributed by atoms with Crippen LogP contribution >= 0.6 is 23.2 Å². The van der Waals surface area contributed by atoms with E-state index >= 15 is 0 Å². The molecule has 0 unspecified atom stereocenters. The Bertz CT molecular complexity index is 885. The minimum absolute atomic E-state index is 0.0593. The summed E-state index contributed by atoms with van der Waals surface area (Å²) >= 11 is 11.9. The van der Waals surface area contributed by atoms with E-state index in [-0.39, 0.29) is 27.7 Å². The fourth-order valence-electron chi connectivity index (χ4n) is 2.38. The highest BCUT2D eigenvalue weighted by Crippen LogP contribution is 2.33. The van der Waals surface area contributed by atoms with Crippen molar-refractivity contribution in [1.29, 1.82) is 0 Å². The van der Waals surface area contributed by atoms with Crippen LogP contribution in [0.5, 0.6) is 0 Å². The number of hydrogen-bond donors (Lipinski definition) is 2. The molecule has 1 aliphatic rings. The van der Waals surface area contributed by atoms with E-state index in [2.05, 4.69) is 10.3 Å². The number of hydrogen-bond acceptors (Lipinski definition) is 4. The molecule has 0 radical (unpaired) electrons. The van der Waals surface area contributed by atoms with E-state index in [4.69, 9.17) is 23.2 Å². The molecule has 0 bridgehead atoms. The summed E-state index contributed by atoms with van der Waals surface area (Å²) in [5, 5.41) is 11.4. The van der Waals surface area contributed by atoms with Crippen LogP contribution in [0.3, 0.4) is 0 Å². The first-order valence-corrected chi connectivity index (χ1v) is 7.42. The highest BCUT2D eigenvalue weighted by atomic mass is 35.5. The monoisotopic (exact) mass is 365 g/mol. The van der Waals surface area contributed by atoms with Crippen molar-refractivity contribution >= 4 is 52.4 Å². The smallest absolute Gasteiger partial charge is 0.338 e. The Hall–Kier alpha value is -2.64. The fraction of sp³-hybridized carbons (Fsp3) is 0.0667. The Labute approximate surface area is 145 Å². The third-order valence-electron chi connectivity index (χ3n) is 3.45. The molecule has 1 aliphatic heterocycles. The van der Waals surface area contributed by atoms with E-state index in [0.29, 0.717) is 11.4 Å². The van der Waals surface area contributed by atoms with Gasteiger partial charge in [-0.2, -0.15) is 0 Å². The van der Waals surface area contributed by atoms with Crippen LogP contribution in [0.2, 0.25) is 10.0 Å². The van der Waals surface area contributed by atoms with E-state index < -0.39 is 17.8 Å². The molecule has 0 saturated heterocycles. The summed E-state index contributed by atoms with van der Waals surface area (Å²) in [6.45, 7) is -0.225. The van der Waals surface area contributed by atoms with Crippen LogP contribution in [-0.4, -0.2) is 34.4 Å². The number of carboxylic acids is 1. The van der Waals surface area contributed by atoms with Gasteiger partial charge in [-0.1, -0.05) is 23.2 Å². The van der Waals surface area contributed by atoms with Gasteiger partial charge in [-0.25, -0.2) is 4.79 Å². The molecule has 2 aromatic rings. The third-order valence-corrected chi connectivity index (χ3v) is 4.15. The molecule has 0 atom stereocenters. The van der Waals surface area contributed by atoms with Gasteiger partial charge in [0.05, 0.1) is 38.7 Å². The molecule has 9 heteroatoms. The molecule has 2 heterocycles. The average Bonchev–Trinajstić information content (AvgIpc) is 2.53. The molecule has 122 valence electrons. The molecule has 1 aromatic heterocycles. The van der Waals surface area contributed by atoms with Crippen LogP contribution in [0.25, 0.3) is 0 Å². The second kappa shape index (κ2) is 6.10. The van der Waals surface area contributed by atoms with Crippen molar-refractivity contribution < 1.29 is 19.5 Å². The van der Waals surface area contributed by atoms with Crippen LogP contribution in [0.4, 0.5) is 11.4 Å². The lowest BCUT2D eigenvalue weighted by Crippen LogP contribution is -2.42. The Morgan fingerprint density at radius 2 is 2.00 bits per heavy atom. The number of carbonyl (C=O) groups is 3. The summed E-state index contributed by atoms with van der Waals surface area (Å²) in [5.41, 5.74) is 0.402. The van der Waals surface area contributed by atoms with Crippen molar-refractivity contribution in [1.82, 2.24) is 4.98 Å². The number of rotatable bonds is 2. The van der Waals surface area contributed by atoms with Crippen molar-refractivity contribution in [3.8, 4) is 0 Å². The summed E-state index contributed by atoms with van der Waals surface area (Å²) in [5.74, 6) is -2.35. The Morgan fingerprint density at radius 1 is 1.25 bits per heavy atom. The maximum Gasteiger partial charge on any atom is 0.338 e. The molecule has 1 aromatic carbocycles. The zero-order valence-corrected chi connectivity index (χ0v) is 13.4. The van der Waals surface area contributed by atoms with Gasteiger partial charge in [-0.05, 0) is 18.2 Å². The van der Waals surface area contributed by atoms with E-state index in [0.717, 1.165) is 0 Å². The molecule has 3 rings (SSSR count). The first-order valence-electron chi connectivity index (χ1n) is 6.67. The maximum absolute atomic E-state index is 12.8. The standard InChI is InChI=1S/C15H9Cl2N3O4/c16-8-2-1-7(13(17)12(8)15(23)24)14(22)20-6-11(21)19-9-5-18-4-3-10(9)20/h1-5H,6H2,(H,19,21)(H,23,24). The Kier molecular flexibility index (Phi) is 4.13. The molecular formula is C15H9Cl2N3O4. The number of nitrogens with zero attached hydrogens (tertiary/aromatic N) is 2. The number of halogens is 2. The van der Waals surface area contributed by atoms with Crippen LogP contribution in [0, 0.1) is 0 Å². The largest absolute Gasteiger partial charge is 0.478 e. The van der Waals surface area contributed by atoms with E-state index in [1.165, 1.54) is 29.4 Å². The molecule has 0 spiro atoms. The van der Waals surface area contributed by atoms with Gasteiger partial charge >= 0.3 is 5.97 Å². The lowest BCUT2D eigenvalue weighted by molar-refractivity contribution is -0.115. The van der Waals surface area contributed by atoms with Gasteiger partial charge in [0.1, 0.15) is 6.54 Å². The SMILES string of the molecule is O=C1CN(C(=O)c2ccc(Cl)c(C(=O)O)c2Cl)c2ccncc2N1. The summed E-state index contributed by atoms with van der Waals surface area (Å²) in [6.07, 6.45) is 2.89. The van der Waals surface area contributed by atoms with Crippen molar-refractivity contribution in [2.24, 2.45) is 0 Å². The van der Waals surface area contributed by atoms with Crippen molar-refractivity contribution in [2.45, 2.75) is 0 Å². The molecule has 2 amide bonds. The van der Waals surface area contributed by atoms with Crippen LogP contribution < -0.4 is 10.2 Å². The van der Waals surface area contributed by atoms with E-state index in [9.17, 15) is 19.5 Å². The molecule has 0 saturated carbocycles. The first-order chi connectivity index (χ1) is 11.4. The van der Waals surface area contributed by atoms with Crippen LogP contribution in [-0.2, 0) is 4.79 Å². The Balaban J connectivity index is 2.09. The number of fused-ring (bicyclic) bond motifs is 1. The molecule has 0 aliphatic carbocycles. The maximum atomic E-state index is 12.8. The number of aromatic nitrogens is 1. The zero-order chi connectivity index (χ0) is 17.4. The number of carboxylic acid groups (broad SMARTS) is 1. The molecule has 2 N–H and O–H groups in total. The second-order valence-corrected chi connectivity index (χ2v) is 5.71. The number of amides is 2. The van der Waals surface area contributed by atoms with Gasteiger partial charge in [0.15, 0.2) is 0 Å². The minimum Gasteiger partial charge on any atom is -0.478 e. The number of nitrogens with one attached hydrogen (secondary N) is 1. The summed E-state index contributed by atoms with van der Waals surface area (Å²) in [6, 6.07) is 4.17. The van der Waals surface area contributed by atoms with Gasteiger partial charge < -0.3 is 10.4 Å². The predicted molar refractivity (Wildman–Crippen MR) is 88.0 cm³/mol. The highest BCUT2D eigenvalue weighted by molar-refractivity contribution is 6.41. The quantitative estimate of drug-likeness (QED) is 0.851. The van der Waals surface area contributed by atoms with Gasteiger partial charge in [0.25, 0.3) is 5.91 Å². The zero-order valence-electron chi connectivity index (χ0n) is 11.9. The van der Waals surface area contributed by atoms with Crippen LogP contribution in [0.15, 0.2) is 30.6 Å². The number of pyridine rings is 1. The average molecular weight is 366 g/mol. The van der Waals surface area contributed by atoms with Gasteiger partial charge in [0.2, 0.25) is 5.91 Å².